The number of carbonyl (C=O) groups excluding carboxylic acids is 2. The number of amides is 2. The average molecular weight is 618 g/mol. The van der Waals surface area contributed by atoms with Gasteiger partial charge in [0.05, 0.1) is 18.3 Å². The van der Waals surface area contributed by atoms with E-state index in [9.17, 15) is 9.59 Å². The Morgan fingerprint density at radius 1 is 1.16 bits per heavy atom. The molecule has 1 aliphatic rings. The van der Waals surface area contributed by atoms with E-state index in [4.69, 9.17) is 9.47 Å². The van der Waals surface area contributed by atoms with Gasteiger partial charge in [-0.3, -0.25) is 4.79 Å². The molecule has 2 aromatic carbocycles. The molecule has 0 saturated heterocycles. The summed E-state index contributed by atoms with van der Waals surface area (Å²) < 4.78 is 12.0. The topological polar surface area (TPSA) is 86.7 Å². The van der Waals surface area contributed by atoms with E-state index in [-0.39, 0.29) is 24.0 Å². The number of ether oxygens (including phenoxy) is 2. The first-order valence-electron chi connectivity index (χ1n) is 15.7. The maximum absolute atomic E-state index is 14.1. The highest BCUT2D eigenvalue weighted by molar-refractivity contribution is 6.19. The van der Waals surface area contributed by atoms with Crippen molar-refractivity contribution < 1.29 is 19.1 Å². The van der Waals surface area contributed by atoms with Crippen LogP contribution in [-0.2, 0) is 20.9 Å². The number of nitrogens with one attached hydrogen (secondary N) is 1. The fourth-order valence-electron chi connectivity index (χ4n) is 5.11. The van der Waals surface area contributed by atoms with Crippen LogP contribution >= 0.6 is 0 Å². The minimum absolute atomic E-state index is 0.0901. The second-order valence-corrected chi connectivity index (χ2v) is 12.5. The number of allylic oxidation sites excluding steroid dienone is 1. The molecule has 2 aromatic rings. The van der Waals surface area contributed by atoms with Crippen LogP contribution in [0.4, 0.5) is 10.5 Å². The summed E-state index contributed by atoms with van der Waals surface area (Å²) in [4.78, 5) is 36.6. The smallest absolute Gasteiger partial charge is 0.410 e. The summed E-state index contributed by atoms with van der Waals surface area (Å²) in [6.07, 6.45) is 2.54. The second kappa shape index (κ2) is 16.3. The van der Waals surface area contributed by atoms with Gasteiger partial charge < -0.3 is 29.5 Å². The van der Waals surface area contributed by atoms with Gasteiger partial charge in [0.25, 0.3) is 5.91 Å². The number of benzene rings is 2. The fourth-order valence-corrected chi connectivity index (χ4v) is 5.11. The molecule has 0 fully saturated rings. The number of rotatable bonds is 13. The zero-order valence-corrected chi connectivity index (χ0v) is 28.3. The molecule has 0 bridgehead atoms. The first-order valence-corrected chi connectivity index (χ1v) is 15.7. The first-order chi connectivity index (χ1) is 21.3. The molecule has 2 atom stereocenters. The monoisotopic (exact) mass is 617 g/mol. The van der Waals surface area contributed by atoms with Crippen LogP contribution in [0.2, 0.25) is 0 Å². The number of anilines is 1. The number of carbonyl (C=O) groups is 2. The van der Waals surface area contributed by atoms with E-state index in [0.717, 1.165) is 28.9 Å². The lowest BCUT2D eigenvalue weighted by Gasteiger charge is -2.26. The Kier molecular flexibility index (Phi) is 12.8. The van der Waals surface area contributed by atoms with E-state index >= 15 is 0 Å². The molecule has 0 aliphatic carbocycles. The third-order valence-electron chi connectivity index (χ3n) is 7.82. The summed E-state index contributed by atoms with van der Waals surface area (Å²) in [5.41, 5.74) is 3.78. The van der Waals surface area contributed by atoms with Crippen molar-refractivity contribution in [3.63, 3.8) is 0 Å². The molecule has 1 heterocycles. The van der Waals surface area contributed by atoms with Gasteiger partial charge in [-0.1, -0.05) is 62.9 Å². The number of nitrogens with zero attached hydrogens (tertiary/aromatic N) is 4. The minimum atomic E-state index is -0.559. The van der Waals surface area contributed by atoms with Gasteiger partial charge in [-0.15, -0.1) is 0 Å². The molecule has 0 radical (unpaired) electrons. The Hall–Kier alpha value is -4.11. The fraction of sp³-hybridized carbons (Fsp3) is 0.472. The molecule has 2 amide bonds. The zero-order chi connectivity index (χ0) is 33.1. The number of likely N-dealkylation sites (N-methyl/N-ethyl adjacent to an activating group) is 1. The van der Waals surface area contributed by atoms with Crippen LogP contribution < -0.4 is 10.2 Å². The van der Waals surface area contributed by atoms with E-state index in [1.54, 1.807) is 25.2 Å². The van der Waals surface area contributed by atoms with E-state index < -0.39 is 5.60 Å². The van der Waals surface area contributed by atoms with E-state index in [1.165, 1.54) is 0 Å². The van der Waals surface area contributed by atoms with Crippen LogP contribution in [0.1, 0.15) is 64.7 Å². The molecule has 2 unspecified atom stereocenters. The van der Waals surface area contributed by atoms with Gasteiger partial charge in [0.2, 0.25) is 0 Å². The highest BCUT2D eigenvalue weighted by Gasteiger charge is 2.30. The van der Waals surface area contributed by atoms with Crippen LogP contribution in [0.5, 0.6) is 0 Å². The SMILES string of the molecule is C=C(N=CC1=C(C(C)CC)N(C)CCN(c2cccc(COC(CCN(C)C(=O)OC(C)(C)C)c3ccccc3)c2)C1=O)NC. The van der Waals surface area contributed by atoms with E-state index in [1.807, 2.05) is 87.3 Å². The predicted octanol–water partition coefficient (Wildman–Crippen LogP) is 6.54. The van der Waals surface area contributed by atoms with Crippen molar-refractivity contribution in [1.82, 2.24) is 15.1 Å². The molecule has 0 aromatic heterocycles. The standard InChI is InChI=1S/C36H51N5O4/c1-10-26(2)33-31(24-38-27(3)37-7)34(42)41(22-21-39(33)8)30-18-14-15-28(23-30)25-44-32(29-16-12-11-13-17-29)19-20-40(9)35(43)45-36(4,5)6/h11-18,23-24,26,32,37H,3,10,19-22,25H2,1-2,4-9H3. The number of hydrogen-bond donors (Lipinski definition) is 1. The molecule has 244 valence electrons. The molecule has 0 saturated carbocycles. The quantitative estimate of drug-likeness (QED) is 0.257. The summed E-state index contributed by atoms with van der Waals surface area (Å²) in [6.45, 7) is 15.8. The van der Waals surface area contributed by atoms with Gasteiger partial charge in [0.1, 0.15) is 11.4 Å². The van der Waals surface area contributed by atoms with Crippen LogP contribution in [-0.4, -0.2) is 74.4 Å². The average Bonchev–Trinajstić information content (AvgIpc) is 3.14. The van der Waals surface area contributed by atoms with E-state index in [2.05, 4.69) is 35.6 Å². The summed E-state index contributed by atoms with van der Waals surface area (Å²) >= 11 is 0. The van der Waals surface area contributed by atoms with Crippen LogP contribution in [0, 0.1) is 5.92 Å². The molecule has 0 spiro atoms. The van der Waals surface area contributed by atoms with E-state index in [0.29, 0.717) is 44.1 Å². The molecular weight excluding hydrogens is 566 g/mol. The second-order valence-electron chi connectivity index (χ2n) is 12.5. The summed E-state index contributed by atoms with van der Waals surface area (Å²) in [7, 11) is 5.53. The summed E-state index contributed by atoms with van der Waals surface area (Å²) in [5.74, 6) is 0.585. The van der Waals surface area contributed by atoms with Crippen molar-refractivity contribution >= 4 is 23.9 Å². The Morgan fingerprint density at radius 2 is 1.87 bits per heavy atom. The Labute approximate surface area is 269 Å². The normalized spacial score (nSPS) is 15.6. The van der Waals surface area contributed by atoms with Crippen LogP contribution in [0.3, 0.4) is 0 Å². The lowest BCUT2D eigenvalue weighted by Crippen LogP contribution is -2.35. The number of aliphatic imine (C=N–C) groups is 1. The van der Waals surface area contributed by atoms with Gasteiger partial charge in [0.15, 0.2) is 0 Å². The van der Waals surface area contributed by atoms with Crippen LogP contribution in [0.25, 0.3) is 0 Å². The van der Waals surface area contributed by atoms with Crippen molar-refractivity contribution in [2.75, 3.05) is 45.7 Å². The lowest BCUT2D eigenvalue weighted by molar-refractivity contribution is -0.114. The molecular formula is C36H51N5O4. The molecule has 45 heavy (non-hydrogen) atoms. The Bertz CT molecular complexity index is 1360. The summed E-state index contributed by atoms with van der Waals surface area (Å²) in [6, 6.07) is 18.0. The highest BCUT2D eigenvalue weighted by Crippen LogP contribution is 2.29. The lowest BCUT2D eigenvalue weighted by atomic mass is 9.98. The Balaban J connectivity index is 1.82. The summed E-state index contributed by atoms with van der Waals surface area (Å²) in [5, 5.41) is 2.93. The molecule has 1 N–H and O–H groups in total. The van der Waals surface area contributed by atoms with Gasteiger partial charge in [-0.2, -0.15) is 0 Å². The molecule has 1 aliphatic heterocycles. The molecule has 9 heteroatoms. The third-order valence-corrected chi connectivity index (χ3v) is 7.82. The third kappa shape index (κ3) is 10.2. The van der Waals surface area contributed by atoms with Gasteiger partial charge in [-0.25, -0.2) is 9.79 Å². The zero-order valence-electron chi connectivity index (χ0n) is 28.3. The number of hydrogen-bond acceptors (Lipinski definition) is 7. The van der Waals surface area contributed by atoms with Crippen molar-refractivity contribution in [2.45, 2.75) is 65.8 Å². The molecule has 3 rings (SSSR count). The molecule has 9 nitrogen and oxygen atoms in total. The van der Waals surface area contributed by atoms with Crippen molar-refractivity contribution in [3.8, 4) is 0 Å². The predicted molar refractivity (Wildman–Crippen MR) is 182 cm³/mol. The maximum Gasteiger partial charge on any atom is 0.410 e. The highest BCUT2D eigenvalue weighted by atomic mass is 16.6. The van der Waals surface area contributed by atoms with Crippen molar-refractivity contribution in [3.05, 3.63) is 89.4 Å². The Morgan fingerprint density at radius 3 is 2.51 bits per heavy atom. The first kappa shape index (κ1) is 35.4. The maximum atomic E-state index is 14.1. The van der Waals surface area contributed by atoms with Crippen LogP contribution in [0.15, 0.2) is 83.3 Å². The van der Waals surface area contributed by atoms with Crippen molar-refractivity contribution in [1.29, 1.82) is 0 Å². The largest absolute Gasteiger partial charge is 0.444 e. The van der Waals surface area contributed by atoms with Gasteiger partial charge in [0, 0.05) is 58.4 Å². The van der Waals surface area contributed by atoms with Crippen molar-refractivity contribution in [2.24, 2.45) is 10.9 Å². The van der Waals surface area contributed by atoms with Gasteiger partial charge in [-0.05, 0) is 62.8 Å². The minimum Gasteiger partial charge on any atom is -0.444 e. The van der Waals surface area contributed by atoms with Gasteiger partial charge >= 0.3 is 6.09 Å².